The average Bonchev–Trinajstić information content (AvgIpc) is 2.46. The summed E-state index contributed by atoms with van der Waals surface area (Å²) in [6.45, 7) is 0. The smallest absolute Gasteiger partial charge is 0.166 e. The summed E-state index contributed by atoms with van der Waals surface area (Å²) in [7, 11) is 0. The van der Waals surface area contributed by atoms with E-state index in [-0.39, 0.29) is 0 Å². The Bertz CT molecular complexity index is 666. The number of benzene rings is 2. The van der Waals surface area contributed by atoms with Crippen LogP contribution in [0.1, 0.15) is 23.1 Å². The summed E-state index contributed by atoms with van der Waals surface area (Å²) < 4.78 is 38.4. The maximum atomic E-state index is 12.8. The van der Waals surface area contributed by atoms with Crippen molar-refractivity contribution in [2.45, 2.75) is 19.0 Å². The summed E-state index contributed by atoms with van der Waals surface area (Å²) in [6.07, 6.45) is 1.64. The highest BCUT2D eigenvalue weighted by atomic mass is 19.4. The van der Waals surface area contributed by atoms with Gasteiger partial charge < -0.3 is 0 Å². The maximum Gasteiger partial charge on any atom is 0.416 e. The van der Waals surface area contributed by atoms with Crippen molar-refractivity contribution in [3.63, 3.8) is 0 Å². The lowest BCUT2D eigenvalue weighted by atomic mass is 9.89. The highest BCUT2D eigenvalue weighted by Gasteiger charge is 2.30. The zero-order valence-electron chi connectivity index (χ0n) is 10.7. The zero-order chi connectivity index (χ0) is 14.2. The Balaban J connectivity index is 2.13. The van der Waals surface area contributed by atoms with Crippen molar-refractivity contribution in [3.05, 3.63) is 65.2 Å². The number of halogens is 3. The van der Waals surface area contributed by atoms with Gasteiger partial charge in [0.2, 0.25) is 0 Å². The molecule has 20 heavy (non-hydrogen) atoms. The van der Waals surface area contributed by atoms with Crippen molar-refractivity contribution in [3.8, 4) is 11.1 Å². The van der Waals surface area contributed by atoms with Crippen LogP contribution in [0.2, 0.25) is 0 Å². The van der Waals surface area contributed by atoms with Gasteiger partial charge in [0, 0.05) is 0 Å². The summed E-state index contributed by atoms with van der Waals surface area (Å²) >= 11 is 0. The van der Waals surface area contributed by atoms with Crippen LogP contribution < -0.4 is 0 Å². The third-order valence-corrected chi connectivity index (χ3v) is 3.57. The molecule has 1 aliphatic rings. The Morgan fingerprint density at radius 2 is 1.75 bits per heavy atom. The van der Waals surface area contributed by atoms with Crippen molar-refractivity contribution in [2.75, 3.05) is 0 Å². The van der Waals surface area contributed by atoms with Crippen molar-refractivity contribution in [1.29, 1.82) is 0 Å². The highest BCUT2D eigenvalue weighted by molar-refractivity contribution is 5.74. The van der Waals surface area contributed by atoms with Crippen LogP contribution in [0.3, 0.4) is 0 Å². The first-order chi connectivity index (χ1) is 9.55. The molecular weight excluding hydrogens is 261 g/mol. The van der Waals surface area contributed by atoms with Crippen LogP contribution in [-0.2, 0) is 12.6 Å². The molecule has 0 spiro atoms. The van der Waals surface area contributed by atoms with Gasteiger partial charge in [-0.2, -0.15) is 13.2 Å². The van der Waals surface area contributed by atoms with Crippen LogP contribution in [0.25, 0.3) is 17.2 Å². The summed E-state index contributed by atoms with van der Waals surface area (Å²) in [5.41, 5.74) is 3.17. The Morgan fingerprint density at radius 1 is 0.950 bits per heavy atom. The lowest BCUT2D eigenvalue weighted by Gasteiger charge is -2.16. The molecule has 0 N–H and O–H groups in total. The van der Waals surface area contributed by atoms with Gasteiger partial charge in [-0.1, -0.05) is 42.5 Å². The van der Waals surface area contributed by atoms with E-state index in [9.17, 15) is 13.2 Å². The standard InChI is InChI=1S/C17H13F3/c18-17(19,20)14-8-3-7-13(11-14)16-10-4-6-12-5-1-2-9-15(12)16/h1,3-8,10-11H,2,9H2. The second-order valence-corrected chi connectivity index (χ2v) is 4.89. The first-order valence-electron chi connectivity index (χ1n) is 6.52. The predicted molar refractivity (Wildman–Crippen MR) is 74.2 cm³/mol. The largest absolute Gasteiger partial charge is 0.416 e. The first kappa shape index (κ1) is 13.0. The number of hydrogen-bond donors (Lipinski definition) is 0. The third-order valence-electron chi connectivity index (χ3n) is 3.57. The second kappa shape index (κ2) is 4.82. The second-order valence-electron chi connectivity index (χ2n) is 4.89. The van der Waals surface area contributed by atoms with Crippen molar-refractivity contribution < 1.29 is 13.2 Å². The minimum Gasteiger partial charge on any atom is -0.166 e. The lowest BCUT2D eigenvalue weighted by molar-refractivity contribution is -0.137. The molecule has 0 aliphatic heterocycles. The van der Waals surface area contributed by atoms with E-state index in [0.29, 0.717) is 5.56 Å². The molecular formula is C17H13F3. The fraction of sp³-hybridized carbons (Fsp3) is 0.176. The van der Waals surface area contributed by atoms with E-state index in [2.05, 4.69) is 6.08 Å². The van der Waals surface area contributed by atoms with Gasteiger partial charge in [0.15, 0.2) is 0 Å². The van der Waals surface area contributed by atoms with Gasteiger partial charge in [-0.15, -0.1) is 0 Å². The zero-order valence-corrected chi connectivity index (χ0v) is 10.7. The molecule has 0 unspecified atom stereocenters. The minimum absolute atomic E-state index is 0.598. The topological polar surface area (TPSA) is 0 Å². The van der Waals surface area contributed by atoms with Gasteiger partial charge in [-0.3, -0.25) is 0 Å². The van der Waals surface area contributed by atoms with Gasteiger partial charge in [-0.25, -0.2) is 0 Å². The Hall–Kier alpha value is -2.03. The Kier molecular flexibility index (Phi) is 3.13. The molecule has 0 heterocycles. The van der Waals surface area contributed by atoms with E-state index in [0.717, 1.165) is 35.6 Å². The maximum absolute atomic E-state index is 12.8. The molecule has 3 heteroatoms. The lowest BCUT2D eigenvalue weighted by Crippen LogP contribution is -2.05. The Morgan fingerprint density at radius 3 is 2.55 bits per heavy atom. The van der Waals surface area contributed by atoms with E-state index in [1.54, 1.807) is 6.07 Å². The van der Waals surface area contributed by atoms with Crippen LogP contribution in [-0.4, -0.2) is 0 Å². The quantitative estimate of drug-likeness (QED) is 0.659. The van der Waals surface area contributed by atoms with E-state index in [1.807, 2.05) is 24.3 Å². The summed E-state index contributed by atoms with van der Waals surface area (Å²) in [4.78, 5) is 0. The molecule has 0 saturated carbocycles. The number of allylic oxidation sites excluding steroid dienone is 1. The summed E-state index contributed by atoms with van der Waals surface area (Å²) in [5.74, 6) is 0. The van der Waals surface area contributed by atoms with Crippen LogP contribution >= 0.6 is 0 Å². The molecule has 0 nitrogen and oxygen atoms in total. The van der Waals surface area contributed by atoms with Crippen molar-refractivity contribution in [1.82, 2.24) is 0 Å². The van der Waals surface area contributed by atoms with Crippen LogP contribution in [0.4, 0.5) is 13.2 Å². The van der Waals surface area contributed by atoms with Crippen molar-refractivity contribution >= 4 is 6.08 Å². The fourth-order valence-electron chi connectivity index (χ4n) is 2.61. The molecule has 2 aromatic carbocycles. The predicted octanol–water partition coefficient (Wildman–Crippen LogP) is 5.33. The van der Waals surface area contributed by atoms with Gasteiger partial charge in [-0.05, 0) is 47.2 Å². The molecule has 0 fully saturated rings. The van der Waals surface area contributed by atoms with Crippen LogP contribution in [0, 0.1) is 0 Å². The van der Waals surface area contributed by atoms with Gasteiger partial charge >= 0.3 is 6.18 Å². The van der Waals surface area contributed by atoms with E-state index in [4.69, 9.17) is 0 Å². The number of rotatable bonds is 1. The summed E-state index contributed by atoms with van der Waals surface area (Å²) in [6, 6.07) is 11.3. The molecule has 0 atom stereocenters. The molecule has 0 saturated heterocycles. The first-order valence-corrected chi connectivity index (χ1v) is 6.52. The number of fused-ring (bicyclic) bond motifs is 1. The number of hydrogen-bond acceptors (Lipinski definition) is 0. The van der Waals surface area contributed by atoms with Gasteiger partial charge in [0.25, 0.3) is 0 Å². The third kappa shape index (κ3) is 2.36. The normalized spacial score (nSPS) is 14.2. The SMILES string of the molecule is FC(F)(F)c1cccc(-c2cccc3c2CCC=C3)c1. The molecule has 0 amide bonds. The van der Waals surface area contributed by atoms with E-state index in [1.165, 1.54) is 12.1 Å². The van der Waals surface area contributed by atoms with Gasteiger partial charge in [0.05, 0.1) is 5.56 Å². The highest BCUT2D eigenvalue weighted by Crippen LogP contribution is 2.35. The Labute approximate surface area is 115 Å². The fourth-order valence-corrected chi connectivity index (χ4v) is 2.61. The van der Waals surface area contributed by atoms with Crippen molar-refractivity contribution in [2.24, 2.45) is 0 Å². The molecule has 3 rings (SSSR count). The number of alkyl halides is 3. The monoisotopic (exact) mass is 274 g/mol. The van der Waals surface area contributed by atoms with Gasteiger partial charge in [0.1, 0.15) is 0 Å². The average molecular weight is 274 g/mol. The van der Waals surface area contributed by atoms with E-state index < -0.39 is 11.7 Å². The molecule has 2 aromatic rings. The molecule has 0 radical (unpaired) electrons. The molecule has 0 bridgehead atoms. The molecule has 102 valence electrons. The molecule has 1 aliphatic carbocycles. The van der Waals surface area contributed by atoms with Crippen LogP contribution in [0.15, 0.2) is 48.5 Å². The van der Waals surface area contributed by atoms with Crippen LogP contribution in [0.5, 0.6) is 0 Å². The minimum atomic E-state index is -4.30. The van der Waals surface area contributed by atoms with E-state index >= 15 is 0 Å². The molecule has 0 aromatic heterocycles. The summed E-state index contributed by atoms with van der Waals surface area (Å²) in [5, 5.41) is 0.